The second-order valence-electron chi connectivity index (χ2n) is 8.97. The van der Waals surface area contributed by atoms with Gasteiger partial charge in [0.15, 0.2) is 6.20 Å². The molecule has 1 amide bonds. The van der Waals surface area contributed by atoms with Crippen molar-refractivity contribution >= 4 is 42.3 Å². The Bertz CT molecular complexity index is 1010. The maximum Gasteiger partial charge on any atom is 0.222 e. The largest absolute Gasteiger partial charge is 0.548 e. The minimum absolute atomic E-state index is 0.178. The van der Waals surface area contributed by atoms with Gasteiger partial charge in [-0.3, -0.25) is 4.79 Å². The number of hydrogen-bond donors (Lipinski definition) is 2. The van der Waals surface area contributed by atoms with Gasteiger partial charge in [-0.2, -0.15) is 17.2 Å². The van der Waals surface area contributed by atoms with E-state index in [-0.39, 0.29) is 18.9 Å². The van der Waals surface area contributed by atoms with Crippen LogP contribution < -0.4 is 14.6 Å². The number of aliphatic carboxylic acids is 1. The van der Waals surface area contributed by atoms with E-state index in [9.17, 15) is 19.8 Å². The molecule has 2 heterocycles. The van der Waals surface area contributed by atoms with Crippen molar-refractivity contribution in [2.24, 2.45) is 0 Å². The number of anilines is 1. The molecule has 1 aromatic carbocycles. The molecule has 1 fully saturated rings. The molecule has 7 nitrogen and oxygen atoms in total. The molecule has 2 atom stereocenters. The van der Waals surface area contributed by atoms with E-state index in [1.165, 1.54) is 0 Å². The molecule has 1 saturated heterocycles. The van der Waals surface area contributed by atoms with Crippen LogP contribution in [-0.2, 0) is 16.1 Å². The fourth-order valence-electron chi connectivity index (χ4n) is 4.30. The van der Waals surface area contributed by atoms with Crippen molar-refractivity contribution in [1.82, 2.24) is 4.90 Å². The monoisotopic (exact) mass is 497 g/mol. The summed E-state index contributed by atoms with van der Waals surface area (Å²) in [6, 6.07) is 12.9. The number of rotatable bonds is 12. The summed E-state index contributed by atoms with van der Waals surface area (Å²) in [6.45, 7) is 1.90. The first-order chi connectivity index (χ1) is 16.9. The average molecular weight is 498 g/mol. The Morgan fingerprint density at radius 3 is 2.66 bits per heavy atom. The number of aromatic nitrogens is 1. The van der Waals surface area contributed by atoms with Crippen molar-refractivity contribution in [3.05, 3.63) is 59.9 Å². The van der Waals surface area contributed by atoms with Crippen molar-refractivity contribution in [3.8, 4) is 0 Å². The Hall–Kier alpha value is -2.84. The summed E-state index contributed by atoms with van der Waals surface area (Å²) < 4.78 is 2.20. The Kier molecular flexibility index (Phi) is 10.2. The van der Waals surface area contributed by atoms with E-state index in [2.05, 4.69) is 35.5 Å². The van der Waals surface area contributed by atoms with Gasteiger partial charge in [-0.1, -0.05) is 12.1 Å². The van der Waals surface area contributed by atoms with Gasteiger partial charge in [-0.25, -0.2) is 0 Å². The third kappa shape index (κ3) is 7.83. The number of thiol groups is 1. The Labute approximate surface area is 213 Å². The molecular formula is C27H35N3O4S. The second kappa shape index (κ2) is 13.3. The first-order valence-corrected chi connectivity index (χ1v) is 12.8. The topological polar surface area (TPSA) is 87.8 Å². The summed E-state index contributed by atoms with van der Waals surface area (Å²) in [4.78, 5) is 26.9. The molecule has 35 heavy (non-hydrogen) atoms. The van der Waals surface area contributed by atoms with E-state index < -0.39 is 18.1 Å². The number of amides is 1. The number of carboxylic acids is 1. The number of β-amino-alcohol motifs (C(OH)–C–C–N with tert-alkyl or cyclic N) is 1. The number of carboxylic acid groups (broad SMARTS) is 1. The van der Waals surface area contributed by atoms with E-state index in [0.717, 1.165) is 55.0 Å². The predicted octanol–water partition coefficient (Wildman–Crippen LogP) is 1.78. The molecule has 0 aliphatic carbocycles. The van der Waals surface area contributed by atoms with E-state index >= 15 is 0 Å². The second-order valence-corrected chi connectivity index (χ2v) is 9.42. The van der Waals surface area contributed by atoms with Crippen LogP contribution in [0.25, 0.3) is 12.2 Å². The molecule has 3 rings (SSSR count). The Morgan fingerprint density at radius 1 is 1.17 bits per heavy atom. The highest BCUT2D eigenvalue weighted by Gasteiger charge is 2.31. The van der Waals surface area contributed by atoms with Gasteiger partial charge in [0, 0.05) is 63.3 Å². The lowest BCUT2D eigenvalue weighted by Gasteiger charge is -2.27. The molecule has 1 aromatic heterocycles. The molecule has 188 valence electrons. The summed E-state index contributed by atoms with van der Waals surface area (Å²) in [7, 11) is 1.86. The SMILES string of the molecule is CN(CCCC[n+]1ccccc1/C=C/c1ccc(N2CC(O)CC2C(=O)[O-])cc1)C(=O)CCCS. The highest BCUT2D eigenvalue weighted by atomic mass is 32.1. The van der Waals surface area contributed by atoms with Gasteiger partial charge < -0.3 is 24.8 Å². The summed E-state index contributed by atoms with van der Waals surface area (Å²) in [5.41, 5.74) is 2.83. The van der Waals surface area contributed by atoms with Gasteiger partial charge in [0.25, 0.3) is 0 Å². The lowest BCUT2D eigenvalue weighted by atomic mass is 10.1. The van der Waals surface area contributed by atoms with Crippen molar-refractivity contribution < 1.29 is 24.4 Å². The molecule has 0 bridgehead atoms. The molecule has 8 heteroatoms. The Morgan fingerprint density at radius 2 is 1.94 bits per heavy atom. The minimum atomic E-state index is -1.16. The number of unbranched alkanes of at least 4 members (excludes halogenated alkanes) is 1. The van der Waals surface area contributed by atoms with Gasteiger partial charge in [-0.15, -0.1) is 0 Å². The highest BCUT2D eigenvalue weighted by Crippen LogP contribution is 2.26. The summed E-state index contributed by atoms with van der Waals surface area (Å²) in [5, 5.41) is 21.3. The molecule has 0 saturated carbocycles. The Balaban J connectivity index is 1.55. The molecule has 0 radical (unpaired) electrons. The van der Waals surface area contributed by atoms with Crippen LogP contribution in [0, 0.1) is 0 Å². The van der Waals surface area contributed by atoms with Crippen LogP contribution in [0.3, 0.4) is 0 Å². The molecule has 1 N–H and O–H groups in total. The molecule has 0 spiro atoms. The maximum absolute atomic E-state index is 12.0. The van der Waals surface area contributed by atoms with Crippen molar-refractivity contribution in [2.45, 2.75) is 50.8 Å². The lowest BCUT2D eigenvalue weighted by Crippen LogP contribution is -2.44. The minimum Gasteiger partial charge on any atom is -0.548 e. The standard InChI is InChI=1S/C27H35N3O4S/c1-28(26(32)8-6-18-35)15-4-5-17-29-16-3-2-7-22(29)12-9-21-10-13-23(14-11-21)30-20-24(31)19-25(30)27(33)34/h2-3,7,9-14,16,24-25,31H,4-6,8,15,17-20H2,1H3,(H-,33,34,35). The number of benzene rings is 1. The fourth-order valence-corrected chi connectivity index (χ4v) is 4.46. The zero-order valence-corrected chi connectivity index (χ0v) is 21.1. The van der Waals surface area contributed by atoms with Crippen molar-refractivity contribution in [1.29, 1.82) is 0 Å². The number of pyridine rings is 1. The highest BCUT2D eigenvalue weighted by molar-refractivity contribution is 7.80. The number of nitrogens with zero attached hydrogens (tertiary/aromatic N) is 3. The van der Waals surface area contributed by atoms with Crippen LogP contribution >= 0.6 is 12.6 Å². The number of hydrogen-bond acceptors (Lipinski definition) is 6. The lowest BCUT2D eigenvalue weighted by molar-refractivity contribution is -0.699. The summed E-state index contributed by atoms with van der Waals surface area (Å²) in [6.07, 6.45) is 8.94. The van der Waals surface area contributed by atoms with E-state index in [0.29, 0.717) is 6.42 Å². The third-order valence-corrected chi connectivity index (χ3v) is 6.63. The van der Waals surface area contributed by atoms with E-state index in [4.69, 9.17) is 0 Å². The van der Waals surface area contributed by atoms with Gasteiger partial charge in [0.2, 0.25) is 11.6 Å². The number of aryl methyl sites for hydroxylation is 1. The number of carbonyl (C=O) groups is 2. The number of aliphatic hydroxyl groups is 1. The van der Waals surface area contributed by atoms with E-state index in [1.54, 1.807) is 4.90 Å². The van der Waals surface area contributed by atoms with Crippen LogP contribution in [0.4, 0.5) is 5.69 Å². The smallest absolute Gasteiger partial charge is 0.222 e. The van der Waals surface area contributed by atoms with Crippen LogP contribution in [0.15, 0.2) is 48.7 Å². The first-order valence-electron chi connectivity index (χ1n) is 12.2. The maximum atomic E-state index is 12.0. The van der Waals surface area contributed by atoms with Crippen molar-refractivity contribution in [3.63, 3.8) is 0 Å². The van der Waals surface area contributed by atoms with Gasteiger partial charge in [-0.05, 0) is 48.4 Å². The predicted molar refractivity (Wildman–Crippen MR) is 139 cm³/mol. The zero-order valence-electron chi connectivity index (χ0n) is 20.3. The van der Waals surface area contributed by atoms with Gasteiger partial charge >= 0.3 is 0 Å². The number of carbonyl (C=O) groups excluding carboxylic acids is 2. The van der Waals surface area contributed by atoms with Crippen molar-refractivity contribution in [2.75, 3.05) is 30.8 Å². The summed E-state index contributed by atoms with van der Waals surface area (Å²) >= 11 is 4.16. The van der Waals surface area contributed by atoms with Gasteiger partial charge in [0.1, 0.15) is 6.54 Å². The quantitative estimate of drug-likeness (QED) is 0.265. The molecule has 2 unspecified atom stereocenters. The van der Waals surface area contributed by atoms with Gasteiger partial charge in [0.05, 0.1) is 18.1 Å². The fraction of sp³-hybridized carbons (Fsp3) is 0.444. The first kappa shape index (κ1) is 26.8. The number of aliphatic hydroxyl groups excluding tert-OH is 1. The zero-order chi connectivity index (χ0) is 25.2. The third-order valence-electron chi connectivity index (χ3n) is 6.32. The molecular weight excluding hydrogens is 462 g/mol. The molecule has 1 aliphatic rings. The van der Waals surface area contributed by atoms with E-state index in [1.807, 2.05) is 54.4 Å². The van der Waals surface area contributed by atoms with Crippen LogP contribution in [0.5, 0.6) is 0 Å². The summed E-state index contributed by atoms with van der Waals surface area (Å²) in [5.74, 6) is -0.251. The molecule has 2 aromatic rings. The van der Waals surface area contributed by atoms with Crippen LogP contribution in [-0.4, -0.2) is 59.9 Å². The normalized spacial score (nSPS) is 17.7. The van der Waals surface area contributed by atoms with Crippen LogP contribution in [0.1, 0.15) is 43.4 Å². The molecule has 1 aliphatic heterocycles. The average Bonchev–Trinajstić information content (AvgIpc) is 3.26. The van der Waals surface area contributed by atoms with Crippen LogP contribution in [0.2, 0.25) is 0 Å².